The van der Waals surface area contributed by atoms with Crippen molar-refractivity contribution < 1.29 is 9.18 Å². The van der Waals surface area contributed by atoms with Crippen LogP contribution in [0.2, 0.25) is 0 Å². The molecular weight excluding hydrogens is 347 g/mol. The van der Waals surface area contributed by atoms with Crippen LogP contribution >= 0.6 is 11.3 Å². The number of carbonyl (C=O) groups is 1. The largest absolute Gasteiger partial charge is 0.313 e. The summed E-state index contributed by atoms with van der Waals surface area (Å²) in [5.41, 5.74) is 3.29. The second kappa shape index (κ2) is 7.89. The fourth-order valence-corrected chi connectivity index (χ4v) is 5.33. The lowest BCUT2D eigenvalue weighted by atomic mass is 10.1. The van der Waals surface area contributed by atoms with Gasteiger partial charge in [0, 0.05) is 22.5 Å². The minimum absolute atomic E-state index is 0.151. The average Bonchev–Trinajstić information content (AvgIpc) is 3.09. The van der Waals surface area contributed by atoms with Crippen molar-refractivity contribution in [3.05, 3.63) is 51.7 Å². The Balaban J connectivity index is 1.55. The number of hydrogen-bond acceptors (Lipinski definition) is 3. The molecule has 0 unspecified atom stereocenters. The Labute approximate surface area is 158 Å². The summed E-state index contributed by atoms with van der Waals surface area (Å²) in [7, 11) is 0. The van der Waals surface area contributed by atoms with Gasteiger partial charge in [-0.2, -0.15) is 0 Å². The van der Waals surface area contributed by atoms with E-state index in [2.05, 4.69) is 10.2 Å². The molecule has 0 bridgehead atoms. The van der Waals surface area contributed by atoms with Crippen LogP contribution in [0.1, 0.15) is 58.5 Å². The first-order chi connectivity index (χ1) is 12.7. The van der Waals surface area contributed by atoms with E-state index in [0.717, 1.165) is 37.5 Å². The molecule has 1 aliphatic heterocycles. The number of halogens is 1. The average molecular weight is 373 g/mol. The molecule has 1 aliphatic carbocycles. The Morgan fingerprint density at radius 3 is 2.50 bits per heavy atom. The minimum Gasteiger partial charge on any atom is -0.313 e. The monoisotopic (exact) mass is 372 g/mol. The van der Waals surface area contributed by atoms with Crippen molar-refractivity contribution in [2.45, 2.75) is 51.5 Å². The van der Waals surface area contributed by atoms with E-state index in [1.165, 1.54) is 60.2 Å². The maximum Gasteiger partial charge on any atom is 0.256 e. The summed E-state index contributed by atoms with van der Waals surface area (Å²) in [6.07, 6.45) is 8.66. The molecule has 1 aromatic heterocycles. The number of hydrogen-bond donors (Lipinski definition) is 1. The van der Waals surface area contributed by atoms with Crippen molar-refractivity contribution in [1.82, 2.24) is 4.90 Å². The van der Waals surface area contributed by atoms with Crippen LogP contribution in [0.5, 0.6) is 0 Å². The van der Waals surface area contributed by atoms with Crippen LogP contribution in [-0.4, -0.2) is 23.9 Å². The SMILES string of the molecule is O=C(Nc1sc2c(c1CN1CCCCCC1)CCC2)c1ccc(F)cc1. The van der Waals surface area contributed by atoms with Gasteiger partial charge in [-0.25, -0.2) is 4.39 Å². The van der Waals surface area contributed by atoms with Crippen LogP contribution in [-0.2, 0) is 19.4 Å². The third-order valence-corrected chi connectivity index (χ3v) is 6.69. The van der Waals surface area contributed by atoms with Gasteiger partial charge in [-0.05, 0) is 75.0 Å². The molecule has 3 nitrogen and oxygen atoms in total. The van der Waals surface area contributed by atoms with E-state index < -0.39 is 0 Å². The molecule has 1 aromatic carbocycles. The maximum absolute atomic E-state index is 13.1. The van der Waals surface area contributed by atoms with Gasteiger partial charge in [-0.15, -0.1) is 11.3 Å². The molecule has 5 heteroatoms. The number of nitrogens with zero attached hydrogens (tertiary/aromatic N) is 1. The van der Waals surface area contributed by atoms with Crippen molar-refractivity contribution in [3.8, 4) is 0 Å². The highest BCUT2D eigenvalue weighted by atomic mass is 32.1. The van der Waals surface area contributed by atoms with E-state index in [-0.39, 0.29) is 11.7 Å². The van der Waals surface area contributed by atoms with E-state index in [0.29, 0.717) is 5.56 Å². The molecule has 1 amide bonds. The molecule has 1 fully saturated rings. The molecule has 4 rings (SSSR count). The predicted molar refractivity (Wildman–Crippen MR) is 104 cm³/mol. The summed E-state index contributed by atoms with van der Waals surface area (Å²) in [6.45, 7) is 3.23. The van der Waals surface area contributed by atoms with Crippen molar-refractivity contribution in [3.63, 3.8) is 0 Å². The first-order valence-corrected chi connectivity index (χ1v) is 10.4. The highest BCUT2D eigenvalue weighted by molar-refractivity contribution is 7.16. The molecule has 2 heterocycles. The number of likely N-dealkylation sites (tertiary alicyclic amines) is 1. The summed E-state index contributed by atoms with van der Waals surface area (Å²) >= 11 is 1.74. The molecule has 0 atom stereocenters. The molecule has 1 N–H and O–H groups in total. The van der Waals surface area contributed by atoms with Gasteiger partial charge in [-0.3, -0.25) is 9.69 Å². The number of rotatable bonds is 4. The van der Waals surface area contributed by atoms with Gasteiger partial charge < -0.3 is 5.32 Å². The predicted octanol–water partition coefficient (Wildman–Crippen LogP) is 5.00. The molecule has 2 aromatic rings. The van der Waals surface area contributed by atoms with E-state index in [9.17, 15) is 9.18 Å². The van der Waals surface area contributed by atoms with Crippen molar-refractivity contribution >= 4 is 22.2 Å². The Morgan fingerprint density at radius 2 is 1.77 bits per heavy atom. The first-order valence-electron chi connectivity index (χ1n) is 9.63. The van der Waals surface area contributed by atoms with Crippen LogP contribution in [0.3, 0.4) is 0 Å². The zero-order chi connectivity index (χ0) is 17.9. The molecule has 1 saturated heterocycles. The molecule has 0 spiro atoms. The van der Waals surface area contributed by atoms with Crippen LogP contribution in [0.4, 0.5) is 9.39 Å². The quantitative estimate of drug-likeness (QED) is 0.819. The zero-order valence-electron chi connectivity index (χ0n) is 15.0. The second-order valence-corrected chi connectivity index (χ2v) is 8.42. The fraction of sp³-hybridized carbons (Fsp3) is 0.476. The highest BCUT2D eigenvalue weighted by Crippen LogP contribution is 2.40. The van der Waals surface area contributed by atoms with Crippen LogP contribution < -0.4 is 5.32 Å². The van der Waals surface area contributed by atoms with E-state index in [4.69, 9.17) is 0 Å². The molecule has 2 aliphatic rings. The first kappa shape index (κ1) is 17.7. The Kier molecular flexibility index (Phi) is 5.36. The number of carbonyl (C=O) groups excluding carboxylic acids is 1. The molecule has 26 heavy (non-hydrogen) atoms. The summed E-state index contributed by atoms with van der Waals surface area (Å²) in [5.74, 6) is -0.472. The van der Waals surface area contributed by atoms with Gasteiger partial charge in [0.25, 0.3) is 5.91 Å². The molecule has 0 radical (unpaired) electrons. The topological polar surface area (TPSA) is 32.3 Å². The summed E-state index contributed by atoms with van der Waals surface area (Å²) in [5, 5.41) is 4.11. The van der Waals surface area contributed by atoms with Gasteiger partial charge in [0.15, 0.2) is 0 Å². The summed E-state index contributed by atoms with van der Waals surface area (Å²) in [4.78, 5) is 16.6. The van der Waals surface area contributed by atoms with Crippen LogP contribution in [0.15, 0.2) is 24.3 Å². The van der Waals surface area contributed by atoms with E-state index in [1.54, 1.807) is 23.5 Å². The van der Waals surface area contributed by atoms with Gasteiger partial charge >= 0.3 is 0 Å². The lowest BCUT2D eigenvalue weighted by molar-refractivity contribution is 0.102. The zero-order valence-corrected chi connectivity index (χ0v) is 15.8. The molecular formula is C21H25FN2OS. The fourth-order valence-electron chi connectivity index (χ4n) is 4.03. The smallest absolute Gasteiger partial charge is 0.256 e. The van der Waals surface area contributed by atoms with Gasteiger partial charge in [0.05, 0.1) is 0 Å². The minimum atomic E-state index is -0.321. The number of nitrogens with one attached hydrogen (secondary N) is 1. The van der Waals surface area contributed by atoms with Crippen LogP contribution in [0.25, 0.3) is 0 Å². The maximum atomic E-state index is 13.1. The molecule has 138 valence electrons. The summed E-state index contributed by atoms with van der Waals surface area (Å²) in [6, 6.07) is 5.75. The van der Waals surface area contributed by atoms with E-state index in [1.807, 2.05) is 0 Å². The van der Waals surface area contributed by atoms with Gasteiger partial charge in [-0.1, -0.05) is 12.8 Å². The van der Waals surface area contributed by atoms with Crippen LogP contribution in [0, 0.1) is 5.82 Å². The number of fused-ring (bicyclic) bond motifs is 1. The Bertz CT molecular complexity index is 776. The Morgan fingerprint density at radius 1 is 1.04 bits per heavy atom. The van der Waals surface area contributed by atoms with E-state index >= 15 is 0 Å². The number of aryl methyl sites for hydroxylation is 1. The van der Waals surface area contributed by atoms with Gasteiger partial charge in [0.1, 0.15) is 10.8 Å². The summed E-state index contributed by atoms with van der Waals surface area (Å²) < 4.78 is 13.1. The number of amides is 1. The van der Waals surface area contributed by atoms with Gasteiger partial charge in [0.2, 0.25) is 0 Å². The van der Waals surface area contributed by atoms with Crippen molar-refractivity contribution in [1.29, 1.82) is 0 Å². The molecule has 0 saturated carbocycles. The number of thiophene rings is 1. The van der Waals surface area contributed by atoms with Crippen molar-refractivity contribution in [2.24, 2.45) is 0 Å². The number of anilines is 1. The lowest BCUT2D eigenvalue weighted by Gasteiger charge is -2.21. The third-order valence-electron chi connectivity index (χ3n) is 5.44. The van der Waals surface area contributed by atoms with Crippen molar-refractivity contribution in [2.75, 3.05) is 18.4 Å². The second-order valence-electron chi connectivity index (χ2n) is 7.32. The highest BCUT2D eigenvalue weighted by Gasteiger charge is 2.25. The lowest BCUT2D eigenvalue weighted by Crippen LogP contribution is -2.25. The standard InChI is InChI=1S/C21H25FN2OS/c22-16-10-8-15(9-11-16)20(25)23-21-18(17-6-5-7-19(17)26-21)14-24-12-3-1-2-4-13-24/h8-11H,1-7,12-14H2,(H,23,25). The Hall–Kier alpha value is -1.72. The third kappa shape index (κ3) is 3.84. The normalized spacial score (nSPS) is 17.7. The number of benzene rings is 1.